The van der Waals surface area contributed by atoms with Gasteiger partial charge in [-0.15, -0.1) is 0 Å². The van der Waals surface area contributed by atoms with Crippen molar-refractivity contribution >= 4 is 17.0 Å². The molecule has 202 valence electrons. The molecular formula is C34H32N2O4. The van der Waals surface area contributed by atoms with Crippen LogP contribution in [0, 0.1) is 0 Å². The highest BCUT2D eigenvalue weighted by atomic mass is 16.5. The Bertz CT molecular complexity index is 1650. The third-order valence-electron chi connectivity index (χ3n) is 7.79. The first kappa shape index (κ1) is 25.7. The SMILES string of the molecule is COc1cc(OCc2ccccc2-c2ccccc2)ccc1-c1nc2cc(C(=O)O)ccc2n1C1CCCCC1. The van der Waals surface area contributed by atoms with Crippen LogP contribution in [-0.2, 0) is 6.61 Å². The Kier molecular flexibility index (Phi) is 7.23. The van der Waals surface area contributed by atoms with Crippen LogP contribution in [-0.4, -0.2) is 27.7 Å². The van der Waals surface area contributed by atoms with Gasteiger partial charge in [0.25, 0.3) is 0 Å². The molecule has 1 saturated carbocycles. The predicted octanol–water partition coefficient (Wildman–Crippen LogP) is 8.16. The summed E-state index contributed by atoms with van der Waals surface area (Å²) in [6, 6.07) is 30.0. The number of carboxylic acids is 1. The fourth-order valence-corrected chi connectivity index (χ4v) is 5.78. The van der Waals surface area contributed by atoms with E-state index in [2.05, 4.69) is 28.8 Å². The molecule has 40 heavy (non-hydrogen) atoms. The second kappa shape index (κ2) is 11.3. The van der Waals surface area contributed by atoms with Crippen LogP contribution in [0.5, 0.6) is 11.5 Å². The number of methoxy groups -OCH3 is 1. The Morgan fingerprint density at radius 3 is 2.45 bits per heavy atom. The molecule has 0 radical (unpaired) electrons. The van der Waals surface area contributed by atoms with Gasteiger partial charge in [-0.3, -0.25) is 0 Å². The molecule has 1 fully saturated rings. The van der Waals surface area contributed by atoms with Crippen LogP contribution in [0.3, 0.4) is 0 Å². The Morgan fingerprint density at radius 1 is 0.900 bits per heavy atom. The number of benzene rings is 4. The number of imidazole rings is 1. The first-order chi connectivity index (χ1) is 19.6. The van der Waals surface area contributed by atoms with Gasteiger partial charge >= 0.3 is 5.97 Å². The summed E-state index contributed by atoms with van der Waals surface area (Å²) in [7, 11) is 1.66. The first-order valence-corrected chi connectivity index (χ1v) is 13.8. The Labute approximate surface area is 233 Å². The van der Waals surface area contributed by atoms with Gasteiger partial charge in [-0.25, -0.2) is 9.78 Å². The lowest BCUT2D eigenvalue weighted by Gasteiger charge is -2.26. The van der Waals surface area contributed by atoms with Gasteiger partial charge in [0.2, 0.25) is 0 Å². The number of nitrogens with zero attached hydrogens (tertiary/aromatic N) is 2. The van der Waals surface area contributed by atoms with Gasteiger partial charge in [0.1, 0.15) is 23.9 Å². The topological polar surface area (TPSA) is 73.6 Å². The maximum absolute atomic E-state index is 11.6. The summed E-state index contributed by atoms with van der Waals surface area (Å²) in [4.78, 5) is 16.6. The monoisotopic (exact) mass is 532 g/mol. The van der Waals surface area contributed by atoms with Crippen LogP contribution in [0.1, 0.15) is 54.1 Å². The minimum Gasteiger partial charge on any atom is -0.496 e. The lowest BCUT2D eigenvalue weighted by molar-refractivity contribution is 0.0697. The van der Waals surface area contributed by atoms with E-state index in [1.165, 1.54) is 19.3 Å². The molecule has 6 rings (SSSR count). The van der Waals surface area contributed by atoms with Crippen molar-refractivity contribution in [2.24, 2.45) is 0 Å². The number of aromatic carboxylic acids is 1. The van der Waals surface area contributed by atoms with Gasteiger partial charge in [0, 0.05) is 12.1 Å². The fourth-order valence-electron chi connectivity index (χ4n) is 5.78. The van der Waals surface area contributed by atoms with Gasteiger partial charge in [0.15, 0.2) is 0 Å². The number of aromatic nitrogens is 2. The third kappa shape index (κ3) is 5.05. The number of rotatable bonds is 8. The number of fused-ring (bicyclic) bond motifs is 1. The maximum Gasteiger partial charge on any atom is 0.335 e. The van der Waals surface area contributed by atoms with Gasteiger partial charge < -0.3 is 19.1 Å². The highest BCUT2D eigenvalue weighted by Crippen LogP contribution is 2.40. The maximum atomic E-state index is 11.6. The molecule has 5 aromatic rings. The molecule has 0 bridgehead atoms. The Balaban J connectivity index is 1.35. The summed E-state index contributed by atoms with van der Waals surface area (Å²) in [5.41, 5.74) is 6.13. The lowest BCUT2D eigenvalue weighted by Crippen LogP contribution is -2.14. The molecule has 1 heterocycles. The normalized spacial score (nSPS) is 13.8. The summed E-state index contributed by atoms with van der Waals surface area (Å²) in [6.45, 7) is 0.423. The predicted molar refractivity (Wildman–Crippen MR) is 157 cm³/mol. The average Bonchev–Trinajstić information content (AvgIpc) is 3.39. The minimum absolute atomic E-state index is 0.235. The number of hydrogen-bond acceptors (Lipinski definition) is 4. The Morgan fingerprint density at radius 2 is 1.68 bits per heavy atom. The molecule has 1 aliphatic carbocycles. The molecule has 0 saturated heterocycles. The molecule has 0 amide bonds. The molecule has 4 aromatic carbocycles. The summed E-state index contributed by atoms with van der Waals surface area (Å²) < 4.78 is 14.4. The molecule has 0 aliphatic heterocycles. The van der Waals surface area contributed by atoms with E-state index in [1.54, 1.807) is 19.2 Å². The fraction of sp³-hybridized carbons (Fsp3) is 0.235. The van der Waals surface area contributed by atoms with Crippen molar-refractivity contribution in [1.29, 1.82) is 0 Å². The van der Waals surface area contributed by atoms with Crippen LogP contribution in [0.25, 0.3) is 33.5 Å². The molecule has 1 aromatic heterocycles. The van der Waals surface area contributed by atoms with Gasteiger partial charge in [-0.1, -0.05) is 73.9 Å². The van der Waals surface area contributed by atoms with Gasteiger partial charge in [-0.05, 0) is 59.9 Å². The van der Waals surface area contributed by atoms with E-state index in [1.807, 2.05) is 54.6 Å². The van der Waals surface area contributed by atoms with Crippen molar-refractivity contribution in [3.05, 3.63) is 102 Å². The van der Waals surface area contributed by atoms with Gasteiger partial charge in [0.05, 0.1) is 29.3 Å². The molecular weight excluding hydrogens is 500 g/mol. The number of carboxylic acid groups (broad SMARTS) is 1. The number of ether oxygens (including phenoxy) is 2. The van der Waals surface area contributed by atoms with E-state index in [9.17, 15) is 9.90 Å². The highest BCUT2D eigenvalue weighted by Gasteiger charge is 2.25. The van der Waals surface area contributed by atoms with Crippen molar-refractivity contribution in [3.63, 3.8) is 0 Å². The summed E-state index contributed by atoms with van der Waals surface area (Å²) in [5, 5.41) is 9.55. The van der Waals surface area contributed by atoms with Crippen molar-refractivity contribution in [1.82, 2.24) is 9.55 Å². The van der Waals surface area contributed by atoms with Crippen molar-refractivity contribution in [3.8, 4) is 34.0 Å². The van der Waals surface area contributed by atoms with E-state index in [-0.39, 0.29) is 5.56 Å². The zero-order valence-electron chi connectivity index (χ0n) is 22.5. The summed E-state index contributed by atoms with van der Waals surface area (Å²) in [5.74, 6) is 1.21. The van der Waals surface area contributed by atoms with E-state index < -0.39 is 5.97 Å². The van der Waals surface area contributed by atoms with Crippen molar-refractivity contribution in [2.45, 2.75) is 44.8 Å². The van der Waals surface area contributed by atoms with Crippen molar-refractivity contribution < 1.29 is 19.4 Å². The van der Waals surface area contributed by atoms with E-state index in [0.717, 1.165) is 46.4 Å². The first-order valence-electron chi connectivity index (χ1n) is 13.8. The average molecular weight is 533 g/mol. The smallest absolute Gasteiger partial charge is 0.335 e. The molecule has 1 N–H and O–H groups in total. The molecule has 0 spiro atoms. The second-order valence-corrected chi connectivity index (χ2v) is 10.3. The molecule has 0 atom stereocenters. The quantitative estimate of drug-likeness (QED) is 0.218. The second-order valence-electron chi connectivity index (χ2n) is 10.3. The van der Waals surface area contributed by atoms with Crippen molar-refractivity contribution in [2.75, 3.05) is 7.11 Å². The minimum atomic E-state index is -0.955. The van der Waals surface area contributed by atoms with Gasteiger partial charge in [-0.2, -0.15) is 0 Å². The van der Waals surface area contributed by atoms with E-state index in [0.29, 0.717) is 29.7 Å². The van der Waals surface area contributed by atoms with Crippen LogP contribution >= 0.6 is 0 Å². The Hall–Kier alpha value is -4.58. The van der Waals surface area contributed by atoms with Crippen LogP contribution in [0.15, 0.2) is 91.0 Å². The zero-order valence-corrected chi connectivity index (χ0v) is 22.5. The molecule has 0 unspecified atom stereocenters. The molecule has 6 heteroatoms. The summed E-state index contributed by atoms with van der Waals surface area (Å²) >= 11 is 0. The molecule has 1 aliphatic rings. The lowest BCUT2D eigenvalue weighted by atomic mass is 9.94. The third-order valence-corrected chi connectivity index (χ3v) is 7.79. The summed E-state index contributed by atoms with van der Waals surface area (Å²) in [6.07, 6.45) is 5.73. The van der Waals surface area contributed by atoms with E-state index >= 15 is 0 Å². The largest absolute Gasteiger partial charge is 0.496 e. The molecule has 6 nitrogen and oxygen atoms in total. The van der Waals surface area contributed by atoms with Crippen LogP contribution in [0.4, 0.5) is 0 Å². The standard InChI is InChI=1S/C34H32N2O4/c1-39-32-21-27(40-22-25-12-8-9-15-28(25)23-10-4-2-5-11-23)17-18-29(32)33-35-30-20-24(34(37)38)16-19-31(30)36(33)26-13-6-3-7-14-26/h2,4-5,8-12,15-21,26H,3,6-7,13-14,22H2,1H3,(H,37,38). The number of hydrogen-bond donors (Lipinski definition) is 1. The highest BCUT2D eigenvalue weighted by molar-refractivity contribution is 5.93. The van der Waals surface area contributed by atoms with Crippen LogP contribution < -0.4 is 9.47 Å². The van der Waals surface area contributed by atoms with E-state index in [4.69, 9.17) is 14.5 Å². The zero-order chi connectivity index (χ0) is 27.5. The number of carbonyl (C=O) groups is 1. The van der Waals surface area contributed by atoms with Crippen LogP contribution in [0.2, 0.25) is 0 Å².